The zero-order valence-corrected chi connectivity index (χ0v) is 11.4. The van der Waals surface area contributed by atoms with Crippen LogP contribution >= 0.6 is 0 Å². The smallest absolute Gasteiger partial charge is 0.335 e. The lowest BCUT2D eigenvalue weighted by Gasteiger charge is -2.19. The number of likely N-dealkylation sites (tertiary alicyclic amines) is 1. The number of amides is 2. The molecule has 1 aromatic carbocycles. The van der Waals surface area contributed by atoms with Crippen LogP contribution in [-0.2, 0) is 0 Å². The van der Waals surface area contributed by atoms with Gasteiger partial charge in [0.05, 0.1) is 5.56 Å². The Balaban J connectivity index is 1.80. The SMILES string of the molecule is CN1CCCC1CNC(=O)Nc1ccc(C(=O)O)cc1. The third-order valence-corrected chi connectivity index (χ3v) is 3.56. The number of urea groups is 1. The molecule has 0 spiro atoms. The van der Waals surface area contributed by atoms with Gasteiger partial charge in [0.25, 0.3) is 0 Å². The van der Waals surface area contributed by atoms with Crippen LogP contribution < -0.4 is 10.6 Å². The molecule has 6 heteroatoms. The molecule has 0 saturated carbocycles. The zero-order valence-electron chi connectivity index (χ0n) is 11.4. The van der Waals surface area contributed by atoms with Crippen molar-refractivity contribution in [1.29, 1.82) is 0 Å². The molecular weight excluding hydrogens is 258 g/mol. The van der Waals surface area contributed by atoms with Gasteiger partial charge in [0, 0.05) is 18.3 Å². The topological polar surface area (TPSA) is 81.7 Å². The maximum Gasteiger partial charge on any atom is 0.335 e. The van der Waals surface area contributed by atoms with Crippen molar-refractivity contribution in [2.45, 2.75) is 18.9 Å². The van der Waals surface area contributed by atoms with E-state index in [0.29, 0.717) is 18.3 Å². The van der Waals surface area contributed by atoms with Crippen molar-refractivity contribution in [3.05, 3.63) is 29.8 Å². The van der Waals surface area contributed by atoms with Gasteiger partial charge >= 0.3 is 12.0 Å². The van der Waals surface area contributed by atoms with E-state index in [-0.39, 0.29) is 11.6 Å². The Morgan fingerprint density at radius 1 is 1.35 bits per heavy atom. The molecule has 2 amide bonds. The second-order valence-corrected chi connectivity index (χ2v) is 4.99. The summed E-state index contributed by atoms with van der Waals surface area (Å²) in [5.41, 5.74) is 0.774. The molecule has 0 aromatic heterocycles. The Morgan fingerprint density at radius 2 is 2.05 bits per heavy atom. The first-order valence-electron chi connectivity index (χ1n) is 6.64. The van der Waals surface area contributed by atoms with E-state index in [4.69, 9.17) is 5.11 Å². The summed E-state index contributed by atoms with van der Waals surface area (Å²) in [6.07, 6.45) is 2.27. The number of hydrogen-bond acceptors (Lipinski definition) is 3. The quantitative estimate of drug-likeness (QED) is 0.780. The number of aromatic carboxylic acids is 1. The summed E-state index contributed by atoms with van der Waals surface area (Å²) in [7, 11) is 2.06. The number of hydrogen-bond donors (Lipinski definition) is 3. The van der Waals surface area contributed by atoms with Gasteiger partial charge < -0.3 is 20.6 Å². The van der Waals surface area contributed by atoms with Gasteiger partial charge in [-0.05, 0) is 50.7 Å². The molecule has 108 valence electrons. The Kier molecular flexibility index (Phi) is 4.57. The maximum atomic E-state index is 11.7. The molecule has 1 heterocycles. The van der Waals surface area contributed by atoms with Crippen LogP contribution in [0.5, 0.6) is 0 Å². The van der Waals surface area contributed by atoms with E-state index in [9.17, 15) is 9.59 Å². The van der Waals surface area contributed by atoms with E-state index < -0.39 is 5.97 Å². The van der Waals surface area contributed by atoms with Crippen LogP contribution in [0.1, 0.15) is 23.2 Å². The largest absolute Gasteiger partial charge is 0.478 e. The van der Waals surface area contributed by atoms with Crippen molar-refractivity contribution in [2.24, 2.45) is 0 Å². The lowest BCUT2D eigenvalue weighted by molar-refractivity contribution is 0.0697. The fourth-order valence-electron chi connectivity index (χ4n) is 2.32. The Morgan fingerprint density at radius 3 is 2.60 bits per heavy atom. The summed E-state index contributed by atoms with van der Waals surface area (Å²) < 4.78 is 0. The van der Waals surface area contributed by atoms with Crippen molar-refractivity contribution in [3.63, 3.8) is 0 Å². The van der Waals surface area contributed by atoms with Gasteiger partial charge in [-0.1, -0.05) is 0 Å². The number of benzene rings is 1. The number of nitrogens with zero attached hydrogens (tertiary/aromatic N) is 1. The highest BCUT2D eigenvalue weighted by molar-refractivity contribution is 5.91. The van der Waals surface area contributed by atoms with Gasteiger partial charge in [-0.2, -0.15) is 0 Å². The van der Waals surface area contributed by atoms with E-state index in [1.807, 2.05) is 0 Å². The normalized spacial score (nSPS) is 18.8. The van der Waals surface area contributed by atoms with Crippen LogP contribution in [0.15, 0.2) is 24.3 Å². The molecule has 20 heavy (non-hydrogen) atoms. The van der Waals surface area contributed by atoms with Crippen molar-refractivity contribution < 1.29 is 14.7 Å². The fraction of sp³-hybridized carbons (Fsp3) is 0.429. The van der Waals surface area contributed by atoms with Crippen LogP contribution in [-0.4, -0.2) is 48.2 Å². The lowest BCUT2D eigenvalue weighted by atomic mass is 10.2. The van der Waals surface area contributed by atoms with E-state index in [1.54, 1.807) is 12.1 Å². The van der Waals surface area contributed by atoms with Gasteiger partial charge in [0.15, 0.2) is 0 Å². The molecule has 0 radical (unpaired) electrons. The van der Waals surface area contributed by atoms with Crippen molar-refractivity contribution >= 4 is 17.7 Å². The summed E-state index contributed by atoms with van der Waals surface area (Å²) in [5, 5.41) is 14.3. The second-order valence-electron chi connectivity index (χ2n) is 4.99. The summed E-state index contributed by atoms with van der Waals surface area (Å²) in [5.74, 6) is -0.981. The molecule has 1 aromatic rings. The van der Waals surface area contributed by atoms with Crippen molar-refractivity contribution in [2.75, 3.05) is 25.5 Å². The molecule has 1 aliphatic heterocycles. The minimum absolute atomic E-state index is 0.198. The maximum absolute atomic E-state index is 11.7. The summed E-state index contributed by atoms with van der Waals surface area (Å²) >= 11 is 0. The molecule has 0 aliphatic carbocycles. The Bertz CT molecular complexity index is 487. The number of likely N-dealkylation sites (N-methyl/N-ethyl adjacent to an activating group) is 1. The second kappa shape index (κ2) is 6.38. The van der Waals surface area contributed by atoms with Crippen LogP contribution in [0.2, 0.25) is 0 Å². The van der Waals surface area contributed by atoms with Crippen LogP contribution in [0.3, 0.4) is 0 Å². The van der Waals surface area contributed by atoms with Crippen molar-refractivity contribution in [3.8, 4) is 0 Å². The molecule has 1 unspecified atom stereocenters. The van der Waals surface area contributed by atoms with E-state index in [2.05, 4.69) is 22.6 Å². The Hall–Kier alpha value is -2.08. The summed E-state index contributed by atoms with van der Waals surface area (Å²) in [6, 6.07) is 6.20. The first kappa shape index (κ1) is 14.3. The molecule has 2 rings (SSSR count). The van der Waals surface area contributed by atoms with Gasteiger partial charge in [-0.25, -0.2) is 9.59 Å². The number of anilines is 1. The molecular formula is C14H19N3O3. The lowest BCUT2D eigenvalue weighted by Crippen LogP contribution is -2.40. The average molecular weight is 277 g/mol. The van der Waals surface area contributed by atoms with E-state index in [1.165, 1.54) is 18.6 Å². The van der Waals surface area contributed by atoms with E-state index in [0.717, 1.165) is 13.0 Å². The highest BCUT2D eigenvalue weighted by atomic mass is 16.4. The number of carboxylic acid groups (broad SMARTS) is 1. The van der Waals surface area contributed by atoms with Crippen LogP contribution in [0, 0.1) is 0 Å². The molecule has 1 atom stereocenters. The minimum atomic E-state index is -0.981. The predicted octanol–water partition coefficient (Wildman–Crippen LogP) is 1.60. The molecule has 1 aliphatic rings. The molecule has 0 bridgehead atoms. The number of carbonyl (C=O) groups is 2. The fourth-order valence-corrected chi connectivity index (χ4v) is 2.32. The van der Waals surface area contributed by atoms with Gasteiger partial charge in [0.1, 0.15) is 0 Å². The number of carboxylic acids is 1. The average Bonchev–Trinajstić information content (AvgIpc) is 2.82. The third kappa shape index (κ3) is 3.71. The number of nitrogens with one attached hydrogen (secondary N) is 2. The van der Waals surface area contributed by atoms with Gasteiger partial charge in [-0.15, -0.1) is 0 Å². The third-order valence-electron chi connectivity index (χ3n) is 3.56. The predicted molar refractivity (Wildman–Crippen MR) is 76.1 cm³/mol. The molecule has 1 fully saturated rings. The summed E-state index contributed by atoms with van der Waals surface area (Å²) in [6.45, 7) is 1.69. The molecule has 1 saturated heterocycles. The monoisotopic (exact) mass is 277 g/mol. The zero-order chi connectivity index (χ0) is 14.5. The highest BCUT2D eigenvalue weighted by Crippen LogP contribution is 2.13. The van der Waals surface area contributed by atoms with Crippen LogP contribution in [0.25, 0.3) is 0 Å². The molecule has 6 nitrogen and oxygen atoms in total. The standard InChI is InChI=1S/C14H19N3O3/c1-17-8-2-3-12(17)9-15-14(20)16-11-6-4-10(5-7-11)13(18)19/h4-7,12H,2-3,8-9H2,1H3,(H,18,19)(H2,15,16,20). The first-order valence-corrected chi connectivity index (χ1v) is 6.64. The number of rotatable bonds is 4. The van der Waals surface area contributed by atoms with Gasteiger partial charge in [0.2, 0.25) is 0 Å². The van der Waals surface area contributed by atoms with Gasteiger partial charge in [-0.3, -0.25) is 0 Å². The number of carbonyl (C=O) groups excluding carboxylic acids is 1. The van der Waals surface area contributed by atoms with E-state index >= 15 is 0 Å². The minimum Gasteiger partial charge on any atom is -0.478 e. The molecule has 3 N–H and O–H groups in total. The van der Waals surface area contributed by atoms with Crippen LogP contribution in [0.4, 0.5) is 10.5 Å². The van der Waals surface area contributed by atoms with Crippen molar-refractivity contribution in [1.82, 2.24) is 10.2 Å². The summed E-state index contributed by atoms with van der Waals surface area (Å²) in [4.78, 5) is 24.7. The highest BCUT2D eigenvalue weighted by Gasteiger charge is 2.20. The Labute approximate surface area is 117 Å². The first-order chi connectivity index (χ1) is 9.56.